The Kier molecular flexibility index (Phi) is 5.18. The Morgan fingerprint density at radius 1 is 1.30 bits per heavy atom. The van der Waals surface area contributed by atoms with Crippen LogP contribution in [0.25, 0.3) is 10.7 Å². The van der Waals surface area contributed by atoms with Crippen molar-refractivity contribution < 1.29 is 9.31 Å². The molecule has 0 unspecified atom stereocenters. The molecule has 0 aliphatic heterocycles. The molecule has 0 spiro atoms. The van der Waals surface area contributed by atoms with Gasteiger partial charge in [0.05, 0.1) is 11.5 Å². The SMILES string of the molecule is Cc1c([N+](=O)[O-])c(-c2nnc(Nc3ccn(Cc4c(F)cccc4Cl)n3)s2)nn1C. The van der Waals surface area contributed by atoms with Crippen LogP contribution in [-0.4, -0.2) is 34.7 Å². The van der Waals surface area contributed by atoms with Crippen LogP contribution in [0.15, 0.2) is 30.5 Å². The topological polar surface area (TPSA) is 117 Å². The van der Waals surface area contributed by atoms with Crippen molar-refractivity contribution in [1.82, 2.24) is 29.8 Å². The molecule has 0 saturated carbocycles. The normalized spacial score (nSPS) is 11.1. The molecular formula is C17H14ClFN8O2S. The highest BCUT2D eigenvalue weighted by molar-refractivity contribution is 7.18. The van der Waals surface area contributed by atoms with Gasteiger partial charge in [-0.25, -0.2) is 4.39 Å². The van der Waals surface area contributed by atoms with E-state index >= 15 is 0 Å². The molecule has 3 aromatic heterocycles. The lowest BCUT2D eigenvalue weighted by molar-refractivity contribution is -0.384. The highest BCUT2D eigenvalue weighted by Crippen LogP contribution is 2.35. The molecule has 3 heterocycles. The van der Waals surface area contributed by atoms with Gasteiger partial charge >= 0.3 is 5.69 Å². The zero-order valence-electron chi connectivity index (χ0n) is 15.7. The van der Waals surface area contributed by atoms with E-state index in [4.69, 9.17) is 11.6 Å². The monoisotopic (exact) mass is 448 g/mol. The molecule has 0 radical (unpaired) electrons. The number of halogens is 2. The number of rotatable bonds is 6. The van der Waals surface area contributed by atoms with Gasteiger partial charge in [0.2, 0.25) is 10.8 Å². The van der Waals surface area contributed by atoms with Crippen molar-refractivity contribution in [1.29, 1.82) is 0 Å². The fourth-order valence-electron chi connectivity index (χ4n) is 2.80. The minimum Gasteiger partial charge on any atom is -0.313 e. The number of hydrogen-bond donors (Lipinski definition) is 1. The number of nitrogens with zero attached hydrogens (tertiary/aromatic N) is 7. The van der Waals surface area contributed by atoms with Gasteiger partial charge in [-0.3, -0.25) is 19.5 Å². The Balaban J connectivity index is 1.53. The molecule has 0 bridgehead atoms. The largest absolute Gasteiger partial charge is 0.320 e. The van der Waals surface area contributed by atoms with Crippen LogP contribution < -0.4 is 5.32 Å². The molecule has 1 N–H and O–H groups in total. The summed E-state index contributed by atoms with van der Waals surface area (Å²) in [6, 6.07) is 6.18. The van der Waals surface area contributed by atoms with E-state index in [-0.39, 0.29) is 17.9 Å². The Morgan fingerprint density at radius 2 is 2.10 bits per heavy atom. The van der Waals surface area contributed by atoms with Crippen LogP contribution in [0.3, 0.4) is 0 Å². The summed E-state index contributed by atoms with van der Waals surface area (Å²) in [5.74, 6) is 0.0467. The summed E-state index contributed by atoms with van der Waals surface area (Å²) < 4.78 is 16.9. The van der Waals surface area contributed by atoms with Crippen molar-refractivity contribution in [3.8, 4) is 10.7 Å². The van der Waals surface area contributed by atoms with Crippen molar-refractivity contribution in [3.05, 3.63) is 62.7 Å². The van der Waals surface area contributed by atoms with Crippen molar-refractivity contribution in [2.24, 2.45) is 7.05 Å². The average molecular weight is 449 g/mol. The Labute approximate surface area is 178 Å². The van der Waals surface area contributed by atoms with Crippen LogP contribution in [-0.2, 0) is 13.6 Å². The first-order chi connectivity index (χ1) is 14.3. The molecule has 1 aromatic carbocycles. The fourth-order valence-corrected chi connectivity index (χ4v) is 3.76. The minimum atomic E-state index is -0.484. The zero-order chi connectivity index (χ0) is 21.4. The number of anilines is 2. The molecule has 13 heteroatoms. The summed E-state index contributed by atoms with van der Waals surface area (Å²) >= 11 is 7.16. The average Bonchev–Trinajstić information content (AvgIpc) is 3.39. The predicted molar refractivity (Wildman–Crippen MR) is 110 cm³/mol. The van der Waals surface area contributed by atoms with Crippen molar-refractivity contribution in [3.63, 3.8) is 0 Å². The van der Waals surface area contributed by atoms with Gasteiger partial charge in [0.25, 0.3) is 0 Å². The smallest absolute Gasteiger partial charge is 0.313 e. The lowest BCUT2D eigenvalue weighted by Gasteiger charge is -2.05. The molecule has 4 rings (SSSR count). The molecule has 0 aliphatic carbocycles. The van der Waals surface area contributed by atoms with Gasteiger partial charge in [-0.2, -0.15) is 10.2 Å². The lowest BCUT2D eigenvalue weighted by atomic mass is 10.2. The van der Waals surface area contributed by atoms with Gasteiger partial charge in [-0.1, -0.05) is 29.0 Å². The van der Waals surface area contributed by atoms with Gasteiger partial charge in [0, 0.05) is 29.9 Å². The van der Waals surface area contributed by atoms with Gasteiger partial charge < -0.3 is 5.32 Å². The molecule has 0 saturated heterocycles. The number of nitro groups is 1. The first-order valence-electron chi connectivity index (χ1n) is 8.58. The maximum absolute atomic E-state index is 14.0. The summed E-state index contributed by atoms with van der Waals surface area (Å²) in [6.07, 6.45) is 1.67. The summed E-state index contributed by atoms with van der Waals surface area (Å²) in [6.45, 7) is 1.78. The molecule has 154 valence electrons. The zero-order valence-corrected chi connectivity index (χ0v) is 17.3. The van der Waals surface area contributed by atoms with Crippen LogP contribution >= 0.6 is 22.9 Å². The molecular weight excluding hydrogens is 435 g/mol. The number of benzene rings is 1. The van der Waals surface area contributed by atoms with Gasteiger partial charge in [0.1, 0.15) is 11.5 Å². The number of aromatic nitrogens is 6. The van der Waals surface area contributed by atoms with Crippen LogP contribution in [0.5, 0.6) is 0 Å². The second-order valence-corrected chi connectivity index (χ2v) is 7.68. The summed E-state index contributed by atoms with van der Waals surface area (Å²) in [5, 5.41) is 31.9. The van der Waals surface area contributed by atoms with Gasteiger partial charge in [0.15, 0.2) is 10.8 Å². The molecule has 10 nitrogen and oxygen atoms in total. The third kappa shape index (κ3) is 3.74. The van der Waals surface area contributed by atoms with Crippen molar-refractivity contribution in [2.45, 2.75) is 13.5 Å². The Hall–Kier alpha value is -3.38. The van der Waals surface area contributed by atoms with Crippen LogP contribution in [0, 0.1) is 22.9 Å². The van der Waals surface area contributed by atoms with E-state index in [1.165, 1.54) is 21.5 Å². The van der Waals surface area contributed by atoms with E-state index in [1.807, 2.05) is 0 Å². The summed E-state index contributed by atoms with van der Waals surface area (Å²) in [5.41, 5.74) is 0.812. The second-order valence-electron chi connectivity index (χ2n) is 6.30. The van der Waals surface area contributed by atoms with E-state index in [1.54, 1.807) is 32.3 Å². The maximum Gasteiger partial charge on any atom is 0.320 e. The van der Waals surface area contributed by atoms with E-state index in [0.29, 0.717) is 32.2 Å². The van der Waals surface area contributed by atoms with E-state index in [2.05, 4.69) is 25.7 Å². The Bertz CT molecular complexity index is 1230. The summed E-state index contributed by atoms with van der Waals surface area (Å²) in [4.78, 5) is 10.9. The number of aryl methyl sites for hydroxylation is 1. The highest BCUT2D eigenvalue weighted by atomic mass is 35.5. The molecule has 0 amide bonds. The fraction of sp³-hybridized carbons (Fsp3) is 0.176. The third-order valence-corrected chi connectivity index (χ3v) is 5.57. The number of nitrogens with one attached hydrogen (secondary N) is 1. The van der Waals surface area contributed by atoms with Crippen LogP contribution in [0.4, 0.5) is 21.0 Å². The molecule has 0 aliphatic rings. The number of hydrogen-bond acceptors (Lipinski definition) is 8. The summed E-state index contributed by atoms with van der Waals surface area (Å²) in [7, 11) is 1.63. The lowest BCUT2D eigenvalue weighted by Crippen LogP contribution is -2.04. The quantitative estimate of drug-likeness (QED) is 0.350. The second kappa shape index (κ2) is 7.80. The van der Waals surface area contributed by atoms with E-state index in [0.717, 1.165) is 11.3 Å². The standard InChI is InChI=1S/C17H14ClFN8O2S/c1-9-15(27(28)29)14(24-25(9)2)16-21-22-17(30-16)20-13-6-7-26(23-13)8-10-11(18)4-3-5-12(10)19/h3-7H,8H2,1-2H3,(H,20,22,23). The minimum absolute atomic E-state index is 0.105. The van der Waals surface area contributed by atoms with E-state index in [9.17, 15) is 14.5 Å². The van der Waals surface area contributed by atoms with Gasteiger partial charge in [-0.15, -0.1) is 10.2 Å². The maximum atomic E-state index is 14.0. The Morgan fingerprint density at radius 3 is 2.83 bits per heavy atom. The first-order valence-corrected chi connectivity index (χ1v) is 9.78. The van der Waals surface area contributed by atoms with Crippen LogP contribution in [0.2, 0.25) is 5.02 Å². The molecule has 0 fully saturated rings. The van der Waals surface area contributed by atoms with Crippen LogP contribution in [0.1, 0.15) is 11.3 Å². The van der Waals surface area contributed by atoms with E-state index < -0.39 is 10.7 Å². The molecule has 30 heavy (non-hydrogen) atoms. The third-order valence-electron chi connectivity index (χ3n) is 4.37. The van der Waals surface area contributed by atoms with Crippen molar-refractivity contribution in [2.75, 3.05) is 5.32 Å². The van der Waals surface area contributed by atoms with Gasteiger partial charge in [-0.05, 0) is 19.1 Å². The predicted octanol–water partition coefficient (Wildman–Crippen LogP) is 3.94. The van der Waals surface area contributed by atoms with Crippen molar-refractivity contribution >= 4 is 39.6 Å². The first kappa shape index (κ1) is 19.9. The highest BCUT2D eigenvalue weighted by Gasteiger charge is 2.27. The molecule has 4 aromatic rings. The molecule has 0 atom stereocenters.